The van der Waals surface area contributed by atoms with Crippen molar-refractivity contribution in [2.24, 2.45) is 0 Å². The van der Waals surface area contributed by atoms with Crippen molar-refractivity contribution in [2.75, 3.05) is 0 Å². The van der Waals surface area contributed by atoms with Crippen LogP contribution in [0.5, 0.6) is 0 Å². The number of aromatic nitrogens is 3. The highest BCUT2D eigenvalue weighted by molar-refractivity contribution is 6.00. The Morgan fingerprint density at radius 3 is 2.56 bits per heavy atom. The number of halogens is 3. The van der Waals surface area contributed by atoms with Crippen molar-refractivity contribution in [2.45, 2.75) is 44.1 Å². The molecule has 4 aromatic rings. The molecule has 3 N–H and O–H groups in total. The molecular formula is C23H20F3N3O3. The highest BCUT2D eigenvalue weighted by Crippen LogP contribution is 2.51. The van der Waals surface area contributed by atoms with Crippen molar-refractivity contribution in [3.05, 3.63) is 59.2 Å². The predicted molar refractivity (Wildman–Crippen MR) is 111 cm³/mol. The van der Waals surface area contributed by atoms with E-state index >= 15 is 4.39 Å². The number of carboxylic acid groups (broad SMARTS) is 1. The van der Waals surface area contributed by atoms with E-state index in [1.54, 1.807) is 10.6 Å². The summed E-state index contributed by atoms with van der Waals surface area (Å²) in [6.07, 6.45) is 1.33. The van der Waals surface area contributed by atoms with Gasteiger partial charge in [0, 0.05) is 28.2 Å². The summed E-state index contributed by atoms with van der Waals surface area (Å²) in [6, 6.07) is 5.20. The molecule has 9 heteroatoms. The number of H-pyrrole nitrogens is 1. The minimum atomic E-state index is -1.87. The van der Waals surface area contributed by atoms with Crippen molar-refractivity contribution in [1.82, 2.24) is 14.8 Å². The number of aromatic amines is 1. The Morgan fingerprint density at radius 2 is 1.94 bits per heavy atom. The second-order valence-corrected chi connectivity index (χ2v) is 8.75. The van der Waals surface area contributed by atoms with E-state index in [4.69, 9.17) is 0 Å². The van der Waals surface area contributed by atoms with Gasteiger partial charge in [-0.3, -0.25) is 5.10 Å². The van der Waals surface area contributed by atoms with Crippen LogP contribution in [0.1, 0.15) is 49.8 Å². The quantitative estimate of drug-likeness (QED) is 0.425. The SMILES string of the molecule is CC(C)c1c(C2CC(O)(C(=O)O)C2)c2c(F)c3[nH]ncc3cc2n1-c1ccc(F)c(F)c1. The van der Waals surface area contributed by atoms with Gasteiger partial charge in [0.15, 0.2) is 23.1 Å². The average Bonchev–Trinajstić information content (AvgIpc) is 3.30. The number of nitrogens with zero attached hydrogens (tertiary/aromatic N) is 2. The lowest BCUT2D eigenvalue weighted by Crippen LogP contribution is -2.49. The largest absolute Gasteiger partial charge is 0.479 e. The molecule has 1 aliphatic rings. The van der Waals surface area contributed by atoms with Crippen LogP contribution in [0.15, 0.2) is 30.5 Å². The lowest BCUT2D eigenvalue weighted by molar-refractivity contribution is -0.169. The first kappa shape index (κ1) is 20.6. The zero-order valence-electron chi connectivity index (χ0n) is 17.3. The minimum Gasteiger partial charge on any atom is -0.479 e. The van der Waals surface area contributed by atoms with E-state index in [0.717, 1.165) is 12.1 Å². The Morgan fingerprint density at radius 1 is 1.22 bits per heavy atom. The van der Waals surface area contributed by atoms with E-state index in [1.165, 1.54) is 12.3 Å². The third-order valence-corrected chi connectivity index (χ3v) is 6.37. The van der Waals surface area contributed by atoms with Crippen LogP contribution in [0.25, 0.3) is 27.5 Å². The van der Waals surface area contributed by atoms with E-state index < -0.39 is 34.9 Å². The number of hydrogen-bond donors (Lipinski definition) is 3. The maximum absolute atomic E-state index is 15.7. The van der Waals surface area contributed by atoms with Crippen LogP contribution in [0.4, 0.5) is 13.2 Å². The van der Waals surface area contributed by atoms with Crippen molar-refractivity contribution in [1.29, 1.82) is 0 Å². The van der Waals surface area contributed by atoms with E-state index in [2.05, 4.69) is 10.2 Å². The molecular weight excluding hydrogens is 423 g/mol. The number of aliphatic hydroxyl groups is 1. The minimum absolute atomic E-state index is 0.0700. The van der Waals surface area contributed by atoms with Crippen LogP contribution in [-0.4, -0.2) is 36.5 Å². The standard InChI is InChI=1S/C23H20F3N3O3/c1-10(2)21-17(12-7-23(32,8-12)22(30)31)18-16(5-11-9-27-28-20(11)19(18)26)29(21)13-3-4-14(24)15(25)6-13/h3-6,9-10,12,32H,7-8H2,1-2H3,(H,27,28)(H,30,31). The zero-order valence-corrected chi connectivity index (χ0v) is 17.3. The number of nitrogens with one attached hydrogen (secondary N) is 1. The second-order valence-electron chi connectivity index (χ2n) is 8.75. The number of hydrogen-bond acceptors (Lipinski definition) is 3. The van der Waals surface area contributed by atoms with Gasteiger partial charge in [0.2, 0.25) is 0 Å². The Bertz CT molecular complexity index is 1400. The molecule has 32 heavy (non-hydrogen) atoms. The smallest absolute Gasteiger partial charge is 0.335 e. The molecule has 0 aliphatic heterocycles. The van der Waals surface area contributed by atoms with Crippen LogP contribution in [-0.2, 0) is 4.79 Å². The molecule has 0 radical (unpaired) electrons. The fraction of sp³-hybridized carbons (Fsp3) is 0.304. The molecule has 1 aliphatic carbocycles. The summed E-state index contributed by atoms with van der Waals surface area (Å²) >= 11 is 0. The summed E-state index contributed by atoms with van der Waals surface area (Å²) in [5.74, 6) is -4.49. The Kier molecular flexibility index (Phi) is 4.39. The summed E-state index contributed by atoms with van der Waals surface area (Å²) < 4.78 is 45.2. The second kappa shape index (κ2) is 6.83. The molecule has 0 saturated heterocycles. The number of rotatable bonds is 4. The predicted octanol–water partition coefficient (Wildman–Crippen LogP) is 4.74. The van der Waals surface area contributed by atoms with Gasteiger partial charge in [-0.15, -0.1) is 0 Å². The lowest BCUT2D eigenvalue weighted by atomic mass is 9.66. The van der Waals surface area contributed by atoms with Gasteiger partial charge in [-0.2, -0.15) is 5.10 Å². The third-order valence-electron chi connectivity index (χ3n) is 6.37. The Hall–Kier alpha value is -3.33. The molecule has 1 fully saturated rings. The summed E-state index contributed by atoms with van der Waals surface area (Å²) in [5.41, 5.74) is 0.307. The van der Waals surface area contributed by atoms with Gasteiger partial charge < -0.3 is 14.8 Å². The maximum atomic E-state index is 15.7. The van der Waals surface area contributed by atoms with Crippen molar-refractivity contribution in [3.63, 3.8) is 0 Å². The average molecular weight is 443 g/mol. The van der Waals surface area contributed by atoms with Crippen LogP contribution in [0.2, 0.25) is 0 Å². The van der Waals surface area contributed by atoms with Crippen LogP contribution in [0.3, 0.4) is 0 Å². The molecule has 1 saturated carbocycles. The number of benzene rings is 2. The molecule has 2 aromatic carbocycles. The van der Waals surface area contributed by atoms with Gasteiger partial charge in [0.25, 0.3) is 0 Å². The zero-order chi connectivity index (χ0) is 22.9. The van der Waals surface area contributed by atoms with Gasteiger partial charge in [0.1, 0.15) is 5.52 Å². The van der Waals surface area contributed by atoms with E-state index in [0.29, 0.717) is 27.8 Å². The molecule has 2 heterocycles. The maximum Gasteiger partial charge on any atom is 0.335 e. The van der Waals surface area contributed by atoms with E-state index in [-0.39, 0.29) is 29.7 Å². The summed E-state index contributed by atoms with van der Waals surface area (Å²) in [6.45, 7) is 3.78. The fourth-order valence-corrected chi connectivity index (χ4v) is 4.87. The molecule has 6 nitrogen and oxygen atoms in total. The van der Waals surface area contributed by atoms with Crippen LogP contribution in [0, 0.1) is 17.5 Å². The number of aliphatic carboxylic acids is 1. The van der Waals surface area contributed by atoms with Gasteiger partial charge in [-0.25, -0.2) is 18.0 Å². The van der Waals surface area contributed by atoms with Crippen molar-refractivity contribution < 1.29 is 28.2 Å². The van der Waals surface area contributed by atoms with Gasteiger partial charge >= 0.3 is 5.97 Å². The highest BCUT2D eigenvalue weighted by Gasteiger charge is 2.51. The van der Waals surface area contributed by atoms with Gasteiger partial charge in [0.05, 0.1) is 11.7 Å². The molecule has 0 spiro atoms. The number of fused-ring (bicyclic) bond motifs is 2. The molecule has 166 valence electrons. The fourth-order valence-electron chi connectivity index (χ4n) is 4.87. The van der Waals surface area contributed by atoms with Crippen LogP contribution < -0.4 is 0 Å². The monoisotopic (exact) mass is 443 g/mol. The molecule has 0 bridgehead atoms. The van der Waals surface area contributed by atoms with Gasteiger partial charge in [-0.05, 0) is 48.4 Å². The van der Waals surface area contributed by atoms with E-state index in [1.807, 2.05) is 13.8 Å². The third kappa shape index (κ3) is 2.77. The van der Waals surface area contributed by atoms with E-state index in [9.17, 15) is 23.8 Å². The van der Waals surface area contributed by atoms with Crippen molar-refractivity contribution in [3.8, 4) is 5.69 Å². The summed E-state index contributed by atoms with van der Waals surface area (Å²) in [4.78, 5) is 11.4. The highest BCUT2D eigenvalue weighted by atomic mass is 19.2. The molecule has 5 rings (SSSR count). The Balaban J connectivity index is 1.86. The van der Waals surface area contributed by atoms with Gasteiger partial charge in [-0.1, -0.05) is 13.8 Å². The first-order chi connectivity index (χ1) is 15.1. The van der Waals surface area contributed by atoms with Crippen molar-refractivity contribution >= 4 is 27.8 Å². The normalized spacial score (nSPS) is 20.9. The summed E-state index contributed by atoms with van der Waals surface area (Å²) in [7, 11) is 0. The summed E-state index contributed by atoms with van der Waals surface area (Å²) in [5, 5.41) is 27.0. The molecule has 0 amide bonds. The first-order valence-corrected chi connectivity index (χ1v) is 10.2. The molecule has 0 unspecified atom stereocenters. The lowest BCUT2D eigenvalue weighted by Gasteiger charge is -2.41. The molecule has 2 aromatic heterocycles. The first-order valence-electron chi connectivity index (χ1n) is 10.2. The topological polar surface area (TPSA) is 91.1 Å². The number of carbonyl (C=O) groups is 1. The molecule has 0 atom stereocenters. The number of carboxylic acids is 1. The van der Waals surface area contributed by atoms with Crippen LogP contribution >= 0.6 is 0 Å². The Labute approximate surface area is 180 Å².